The summed E-state index contributed by atoms with van der Waals surface area (Å²) in [5.74, 6) is 0.933. The van der Waals surface area contributed by atoms with E-state index in [-0.39, 0.29) is 17.0 Å². The molecule has 0 N–H and O–H groups in total. The Morgan fingerprint density at radius 3 is 2.83 bits per heavy atom. The topological polar surface area (TPSA) is 34.9 Å². The molecule has 1 atom stereocenters. The van der Waals surface area contributed by atoms with Gasteiger partial charge < -0.3 is 0 Å². The van der Waals surface area contributed by atoms with E-state index < -0.39 is 0 Å². The molecule has 3 nitrogen and oxygen atoms in total. The fourth-order valence-corrected chi connectivity index (χ4v) is 3.16. The molecule has 0 fully saturated rings. The Morgan fingerprint density at radius 1 is 1.33 bits per heavy atom. The maximum absolute atomic E-state index is 12.5. The van der Waals surface area contributed by atoms with Crippen LogP contribution in [0.5, 0.6) is 0 Å². The van der Waals surface area contributed by atoms with Crippen LogP contribution in [0.4, 0.5) is 0 Å². The van der Waals surface area contributed by atoms with Gasteiger partial charge >= 0.3 is 0 Å². The number of nitrogens with zero attached hydrogens (tertiary/aromatic N) is 2. The minimum absolute atomic E-state index is 0.110. The predicted octanol–water partition coefficient (Wildman–Crippen LogP) is 2.93. The monoisotopic (exact) mass is 242 g/mol. The number of para-hydroxylation sites is 1. The van der Waals surface area contributed by atoms with Gasteiger partial charge in [-0.05, 0) is 30.9 Å². The first-order valence-corrected chi connectivity index (χ1v) is 6.48. The maximum atomic E-state index is 12.5. The third-order valence-electron chi connectivity index (χ3n) is 3.81. The molecule has 1 aromatic carbocycles. The largest absolute Gasteiger partial charge is 0.293 e. The second kappa shape index (κ2) is 3.67. The molecule has 3 rings (SSSR count). The Kier molecular flexibility index (Phi) is 2.34. The molecule has 1 aliphatic heterocycles. The highest BCUT2D eigenvalue weighted by Crippen LogP contribution is 2.36. The Bertz CT molecular complexity index is 670. The number of rotatable bonds is 0. The van der Waals surface area contributed by atoms with Gasteiger partial charge in [-0.15, -0.1) is 0 Å². The summed E-state index contributed by atoms with van der Waals surface area (Å²) in [6, 6.07) is 7.85. The van der Waals surface area contributed by atoms with Gasteiger partial charge in [0, 0.05) is 12.5 Å². The molecular weight excluding hydrogens is 224 g/mol. The van der Waals surface area contributed by atoms with Gasteiger partial charge in [0.1, 0.15) is 5.82 Å². The van der Waals surface area contributed by atoms with Crippen LogP contribution in [0.2, 0.25) is 0 Å². The smallest absolute Gasteiger partial charge is 0.261 e. The van der Waals surface area contributed by atoms with Crippen molar-refractivity contribution in [3.63, 3.8) is 0 Å². The molecule has 3 heteroatoms. The highest BCUT2D eigenvalue weighted by Gasteiger charge is 2.31. The zero-order chi connectivity index (χ0) is 12.9. The van der Waals surface area contributed by atoms with Gasteiger partial charge in [0.05, 0.1) is 10.9 Å². The summed E-state index contributed by atoms with van der Waals surface area (Å²) in [4.78, 5) is 17.2. The van der Waals surface area contributed by atoms with Crippen LogP contribution in [0.1, 0.15) is 39.1 Å². The van der Waals surface area contributed by atoms with Crippen molar-refractivity contribution in [3.05, 3.63) is 40.4 Å². The van der Waals surface area contributed by atoms with Crippen LogP contribution in [-0.4, -0.2) is 9.55 Å². The van der Waals surface area contributed by atoms with Crippen LogP contribution in [0.3, 0.4) is 0 Å². The molecule has 0 amide bonds. The Morgan fingerprint density at radius 2 is 2.06 bits per heavy atom. The third kappa shape index (κ3) is 1.65. The predicted molar refractivity (Wildman–Crippen MR) is 72.8 cm³/mol. The highest BCUT2D eigenvalue weighted by molar-refractivity contribution is 5.77. The van der Waals surface area contributed by atoms with Gasteiger partial charge in [-0.2, -0.15) is 0 Å². The summed E-state index contributed by atoms with van der Waals surface area (Å²) in [7, 11) is 0. The summed E-state index contributed by atoms with van der Waals surface area (Å²) >= 11 is 0. The van der Waals surface area contributed by atoms with Crippen LogP contribution in [0.15, 0.2) is 29.1 Å². The molecule has 0 spiro atoms. The first kappa shape index (κ1) is 11.5. The molecule has 0 saturated heterocycles. The lowest BCUT2D eigenvalue weighted by molar-refractivity contribution is 0.222. The molecule has 0 aliphatic carbocycles. The van der Waals surface area contributed by atoms with E-state index in [2.05, 4.69) is 25.8 Å². The van der Waals surface area contributed by atoms with Gasteiger partial charge in [0.15, 0.2) is 0 Å². The Balaban J connectivity index is 2.34. The summed E-state index contributed by atoms with van der Waals surface area (Å²) in [6.45, 7) is 6.60. The van der Waals surface area contributed by atoms with E-state index in [4.69, 9.17) is 0 Å². The molecule has 18 heavy (non-hydrogen) atoms. The van der Waals surface area contributed by atoms with E-state index in [0.29, 0.717) is 0 Å². The summed E-state index contributed by atoms with van der Waals surface area (Å²) in [6.07, 6.45) is 1.90. The number of fused-ring (bicyclic) bond motifs is 2. The summed E-state index contributed by atoms with van der Waals surface area (Å²) < 4.78 is 1.88. The normalized spacial score (nSPS) is 21.8. The second-order valence-electron chi connectivity index (χ2n) is 6.11. The Labute approximate surface area is 106 Å². The average Bonchev–Trinajstić information content (AvgIpc) is 2.26. The van der Waals surface area contributed by atoms with Crippen LogP contribution < -0.4 is 5.56 Å². The van der Waals surface area contributed by atoms with Crippen molar-refractivity contribution >= 4 is 10.9 Å². The lowest BCUT2D eigenvalue weighted by Crippen LogP contribution is -2.37. The molecule has 0 radical (unpaired) electrons. The van der Waals surface area contributed by atoms with E-state index >= 15 is 0 Å². The Hall–Kier alpha value is -1.64. The minimum Gasteiger partial charge on any atom is -0.293 e. The molecule has 1 aliphatic rings. The van der Waals surface area contributed by atoms with Crippen molar-refractivity contribution in [2.45, 2.75) is 39.7 Å². The van der Waals surface area contributed by atoms with Crippen molar-refractivity contribution in [1.82, 2.24) is 9.55 Å². The fourth-order valence-electron chi connectivity index (χ4n) is 3.16. The molecule has 0 saturated carbocycles. The first-order chi connectivity index (χ1) is 8.48. The molecule has 1 unspecified atom stereocenters. The van der Waals surface area contributed by atoms with Gasteiger partial charge in [-0.25, -0.2) is 4.98 Å². The minimum atomic E-state index is 0.110. The molecule has 94 valence electrons. The van der Waals surface area contributed by atoms with Crippen molar-refractivity contribution in [3.8, 4) is 0 Å². The molecule has 0 bridgehead atoms. The number of hydrogen-bond donors (Lipinski definition) is 0. The fraction of sp³-hybridized carbons (Fsp3) is 0.467. The van der Waals surface area contributed by atoms with E-state index in [1.807, 2.05) is 28.8 Å². The third-order valence-corrected chi connectivity index (χ3v) is 3.81. The van der Waals surface area contributed by atoms with Gasteiger partial charge in [-0.1, -0.05) is 26.0 Å². The van der Waals surface area contributed by atoms with Crippen molar-refractivity contribution in [2.24, 2.45) is 5.41 Å². The van der Waals surface area contributed by atoms with Gasteiger partial charge in [0.2, 0.25) is 0 Å². The zero-order valence-electron chi connectivity index (χ0n) is 11.1. The molecule has 2 heterocycles. The first-order valence-electron chi connectivity index (χ1n) is 6.48. The average molecular weight is 242 g/mol. The number of benzene rings is 1. The molecular formula is C15H18N2O. The van der Waals surface area contributed by atoms with E-state index in [1.165, 1.54) is 0 Å². The highest BCUT2D eigenvalue weighted by atomic mass is 16.1. The SMILES string of the molecule is CC1CC(C)(C)Cc2nc3ccccc3c(=O)n21. The molecule has 1 aromatic heterocycles. The lowest BCUT2D eigenvalue weighted by atomic mass is 9.80. The van der Waals surface area contributed by atoms with Crippen LogP contribution in [-0.2, 0) is 6.42 Å². The number of hydrogen-bond acceptors (Lipinski definition) is 2. The zero-order valence-corrected chi connectivity index (χ0v) is 11.1. The second-order valence-corrected chi connectivity index (χ2v) is 6.11. The van der Waals surface area contributed by atoms with Crippen molar-refractivity contribution in [1.29, 1.82) is 0 Å². The maximum Gasteiger partial charge on any atom is 0.261 e. The lowest BCUT2D eigenvalue weighted by Gasteiger charge is -2.36. The van der Waals surface area contributed by atoms with Gasteiger partial charge in [-0.3, -0.25) is 9.36 Å². The standard InChI is InChI=1S/C15H18N2O/c1-10-8-15(2,3)9-13-16-12-7-5-4-6-11(12)14(18)17(10)13/h4-7,10H,8-9H2,1-3H3. The quantitative estimate of drug-likeness (QED) is 0.712. The van der Waals surface area contributed by atoms with Crippen LogP contribution in [0, 0.1) is 5.41 Å². The van der Waals surface area contributed by atoms with Crippen molar-refractivity contribution < 1.29 is 0 Å². The number of aromatic nitrogens is 2. The van der Waals surface area contributed by atoms with E-state index in [1.54, 1.807) is 0 Å². The van der Waals surface area contributed by atoms with Gasteiger partial charge in [0.25, 0.3) is 5.56 Å². The van der Waals surface area contributed by atoms with Crippen LogP contribution >= 0.6 is 0 Å². The van der Waals surface area contributed by atoms with Crippen LogP contribution in [0.25, 0.3) is 10.9 Å². The van der Waals surface area contributed by atoms with Crippen molar-refractivity contribution in [2.75, 3.05) is 0 Å². The molecule has 2 aromatic rings. The van der Waals surface area contributed by atoms with E-state index in [9.17, 15) is 4.79 Å². The summed E-state index contributed by atoms with van der Waals surface area (Å²) in [5.41, 5.74) is 1.15. The van der Waals surface area contributed by atoms with E-state index in [0.717, 1.165) is 29.6 Å². The summed E-state index contributed by atoms with van der Waals surface area (Å²) in [5, 5.41) is 0.729.